The fourth-order valence-electron chi connectivity index (χ4n) is 9.27. The van der Waals surface area contributed by atoms with Crippen LogP contribution < -0.4 is 4.74 Å². The predicted octanol–water partition coefficient (Wildman–Crippen LogP) is 13.3. The second kappa shape index (κ2) is 15.1. The van der Waals surface area contributed by atoms with Gasteiger partial charge in [-0.05, 0) is 90.2 Å². The summed E-state index contributed by atoms with van der Waals surface area (Å²) in [6, 6.07) is 51.4. The molecule has 0 spiro atoms. The molecule has 3 heterocycles. The predicted molar refractivity (Wildman–Crippen MR) is 250 cm³/mol. The first-order valence-electron chi connectivity index (χ1n) is 21.2. The highest BCUT2D eigenvalue weighted by molar-refractivity contribution is 5.92. The van der Waals surface area contributed by atoms with E-state index in [1.807, 2.05) is 78.9 Å². The molecule has 0 bridgehead atoms. The average Bonchev–Trinajstić information content (AvgIpc) is 3.63. The molecule has 0 radical (unpaired) electrons. The van der Waals surface area contributed by atoms with E-state index < -0.39 is 5.60 Å². The topological polar surface area (TPSA) is 81.0 Å². The van der Waals surface area contributed by atoms with Crippen LogP contribution >= 0.6 is 0 Å². The molecule has 1 N–H and O–H groups in total. The van der Waals surface area contributed by atoms with Crippen LogP contribution in [0.15, 0.2) is 182 Å². The van der Waals surface area contributed by atoms with Gasteiger partial charge in [-0.3, -0.25) is 0 Å². The lowest BCUT2D eigenvalue weighted by Gasteiger charge is -2.26. The lowest BCUT2D eigenvalue weighted by Crippen LogP contribution is -2.29. The molecule has 8 aromatic rings. The standard InChI is InChI=1S/C56H42N4O2/c1-35-43-20-10-9-17-37(43)26-28-44(35)55-59-53(39-27-29-51-47(34-39)48-23-11-12-30-56(48,2)62-51)58-54(60-55)42-32-40(36-15-5-3-6-16-36)31-41(33-42)45-21-13-22-46(52(45)61)50-25-14-24-49(57-50)38-18-7-4-8-19-38/h3-29,32-34,41,61H,30-31H2,1-2H3/t41?,56-/m0/s1. The molecule has 6 heteroatoms. The number of hydrogen-bond donors (Lipinski definition) is 1. The number of aromatic hydroxyl groups is 1. The van der Waals surface area contributed by atoms with Gasteiger partial charge in [0.05, 0.1) is 11.4 Å². The van der Waals surface area contributed by atoms with Crippen LogP contribution in [0.3, 0.4) is 0 Å². The first-order valence-corrected chi connectivity index (χ1v) is 21.2. The number of benzene rings is 6. The first kappa shape index (κ1) is 37.3. The maximum Gasteiger partial charge on any atom is 0.164 e. The summed E-state index contributed by atoms with van der Waals surface area (Å²) in [5, 5.41) is 14.5. The van der Waals surface area contributed by atoms with Gasteiger partial charge in [0.25, 0.3) is 0 Å². The van der Waals surface area contributed by atoms with Crippen molar-refractivity contribution in [1.29, 1.82) is 0 Å². The van der Waals surface area contributed by atoms with Crippen LogP contribution in [0.5, 0.6) is 11.5 Å². The van der Waals surface area contributed by atoms with Crippen molar-refractivity contribution < 1.29 is 9.84 Å². The van der Waals surface area contributed by atoms with Crippen molar-refractivity contribution in [1.82, 2.24) is 19.9 Å². The minimum absolute atomic E-state index is 0.199. The van der Waals surface area contributed by atoms with E-state index in [0.717, 1.165) is 84.3 Å². The van der Waals surface area contributed by atoms with E-state index >= 15 is 0 Å². The summed E-state index contributed by atoms with van der Waals surface area (Å²) in [7, 11) is 0. The zero-order chi connectivity index (χ0) is 41.8. The molecule has 11 rings (SSSR count). The van der Waals surface area contributed by atoms with Crippen LogP contribution in [-0.2, 0) is 0 Å². The number of fused-ring (bicyclic) bond motifs is 4. The monoisotopic (exact) mass is 802 g/mol. The summed E-state index contributed by atoms with van der Waals surface area (Å²) in [6.45, 7) is 4.29. The Kier molecular flexibility index (Phi) is 9.08. The van der Waals surface area contributed by atoms with Crippen molar-refractivity contribution in [3.8, 4) is 56.8 Å². The van der Waals surface area contributed by atoms with Crippen molar-refractivity contribution in [2.24, 2.45) is 0 Å². The summed E-state index contributed by atoms with van der Waals surface area (Å²) in [6.07, 6.45) is 12.3. The van der Waals surface area contributed by atoms with Crippen LogP contribution in [0.1, 0.15) is 53.8 Å². The van der Waals surface area contributed by atoms with Crippen molar-refractivity contribution in [2.45, 2.75) is 38.2 Å². The van der Waals surface area contributed by atoms with Gasteiger partial charge in [-0.2, -0.15) is 0 Å². The molecule has 0 fully saturated rings. The van der Waals surface area contributed by atoms with Crippen LogP contribution in [0.25, 0.3) is 72.8 Å². The Labute approximate surface area is 361 Å². The van der Waals surface area contributed by atoms with Gasteiger partial charge in [0.1, 0.15) is 17.1 Å². The van der Waals surface area contributed by atoms with Gasteiger partial charge in [-0.25, -0.2) is 19.9 Å². The summed E-state index contributed by atoms with van der Waals surface area (Å²) in [4.78, 5) is 20.8. The van der Waals surface area contributed by atoms with Gasteiger partial charge in [-0.15, -0.1) is 0 Å². The maximum absolute atomic E-state index is 12.2. The van der Waals surface area contributed by atoms with E-state index in [2.05, 4.69) is 117 Å². The highest BCUT2D eigenvalue weighted by atomic mass is 16.5. The number of aryl methyl sites for hydroxylation is 1. The van der Waals surface area contributed by atoms with E-state index in [0.29, 0.717) is 35.2 Å². The largest absolute Gasteiger partial charge is 0.507 e. The van der Waals surface area contributed by atoms with Gasteiger partial charge < -0.3 is 9.84 Å². The number of aromatic nitrogens is 4. The van der Waals surface area contributed by atoms with Crippen molar-refractivity contribution in [3.63, 3.8) is 0 Å². The minimum Gasteiger partial charge on any atom is -0.507 e. The number of pyridine rings is 1. The molecule has 2 aliphatic carbocycles. The maximum atomic E-state index is 12.2. The highest BCUT2D eigenvalue weighted by Gasteiger charge is 2.40. The Bertz CT molecular complexity index is 3200. The van der Waals surface area contributed by atoms with Crippen LogP contribution in [0.4, 0.5) is 0 Å². The van der Waals surface area contributed by atoms with Gasteiger partial charge in [0.2, 0.25) is 0 Å². The number of allylic oxidation sites excluding steroid dienone is 6. The summed E-state index contributed by atoms with van der Waals surface area (Å²) in [5.74, 6) is 2.61. The van der Waals surface area contributed by atoms with Crippen LogP contribution in [0.2, 0.25) is 0 Å². The van der Waals surface area contributed by atoms with Gasteiger partial charge in [0, 0.05) is 56.9 Å². The third-order valence-corrected chi connectivity index (χ3v) is 12.5. The zero-order valence-corrected chi connectivity index (χ0v) is 34.5. The molecule has 0 saturated carbocycles. The smallest absolute Gasteiger partial charge is 0.164 e. The van der Waals surface area contributed by atoms with Crippen molar-refractivity contribution in [2.75, 3.05) is 0 Å². The lowest BCUT2D eigenvalue weighted by molar-refractivity contribution is 0.170. The van der Waals surface area contributed by atoms with E-state index in [9.17, 15) is 5.11 Å². The summed E-state index contributed by atoms with van der Waals surface area (Å²) in [5.41, 5.74) is 11.9. The fraction of sp³-hybridized carbons (Fsp3) is 0.107. The Hall–Kier alpha value is -7.70. The molecule has 3 aliphatic rings. The molecule has 2 aromatic heterocycles. The minimum atomic E-state index is -0.405. The average molecular weight is 803 g/mol. The first-order chi connectivity index (χ1) is 30.4. The van der Waals surface area contributed by atoms with E-state index in [1.54, 1.807) is 0 Å². The summed E-state index contributed by atoms with van der Waals surface area (Å²) < 4.78 is 6.52. The molecule has 0 amide bonds. The molecule has 1 aliphatic heterocycles. The Morgan fingerprint density at radius 1 is 0.629 bits per heavy atom. The van der Waals surface area contributed by atoms with E-state index in [1.165, 1.54) is 0 Å². The fourth-order valence-corrected chi connectivity index (χ4v) is 9.27. The van der Waals surface area contributed by atoms with Crippen LogP contribution in [-0.4, -0.2) is 30.6 Å². The second-order valence-electron chi connectivity index (χ2n) is 16.5. The van der Waals surface area contributed by atoms with E-state index in [4.69, 9.17) is 24.7 Å². The second-order valence-corrected chi connectivity index (χ2v) is 16.5. The highest BCUT2D eigenvalue weighted by Crippen LogP contribution is 2.49. The van der Waals surface area contributed by atoms with E-state index in [-0.39, 0.29) is 11.7 Å². The Morgan fingerprint density at radius 3 is 2.23 bits per heavy atom. The third kappa shape index (κ3) is 6.61. The number of hydrogen-bond acceptors (Lipinski definition) is 6. The lowest BCUT2D eigenvalue weighted by atomic mass is 9.81. The number of rotatable bonds is 7. The number of phenols is 1. The molecule has 2 atom stereocenters. The number of ether oxygens (including phenoxy) is 1. The molecule has 1 unspecified atom stereocenters. The number of para-hydroxylation sites is 1. The quantitative estimate of drug-likeness (QED) is 0.173. The van der Waals surface area contributed by atoms with Crippen molar-refractivity contribution >= 4 is 27.5 Å². The molecular formula is C56H42N4O2. The Morgan fingerprint density at radius 2 is 1.37 bits per heavy atom. The Balaban J connectivity index is 1.07. The molecule has 298 valence electrons. The third-order valence-electron chi connectivity index (χ3n) is 12.5. The SMILES string of the molecule is Cc1c(-c2nc(C3=CC(c4cccc(-c5cccc(-c6ccccc6)n5)c4O)CC(c4ccccc4)=C3)nc(-c3ccc4c(c3)C3=CC=CC[C@]3(C)O4)n2)ccc2ccccc12. The summed E-state index contributed by atoms with van der Waals surface area (Å²) >= 11 is 0. The molecule has 6 aromatic carbocycles. The molecule has 0 saturated heterocycles. The van der Waals surface area contributed by atoms with Gasteiger partial charge >= 0.3 is 0 Å². The number of nitrogens with zero attached hydrogens (tertiary/aromatic N) is 4. The van der Waals surface area contributed by atoms with Gasteiger partial charge in [0.15, 0.2) is 17.5 Å². The normalized spacial score (nSPS) is 17.7. The van der Waals surface area contributed by atoms with Crippen molar-refractivity contribution in [3.05, 3.63) is 210 Å². The molecule has 6 nitrogen and oxygen atoms in total. The van der Waals surface area contributed by atoms with Crippen LogP contribution in [0, 0.1) is 6.92 Å². The molecular weight excluding hydrogens is 761 g/mol. The zero-order valence-electron chi connectivity index (χ0n) is 34.5. The number of phenolic OH excluding ortho intramolecular Hbond substituents is 1. The molecule has 62 heavy (non-hydrogen) atoms. The van der Waals surface area contributed by atoms with Gasteiger partial charge in [-0.1, -0.05) is 140 Å².